The number of ketones is 1. The van der Waals surface area contributed by atoms with Crippen molar-refractivity contribution in [1.82, 2.24) is 0 Å². The van der Waals surface area contributed by atoms with Gasteiger partial charge in [-0.2, -0.15) is 0 Å². The maximum atomic E-state index is 12.8. The van der Waals surface area contributed by atoms with Crippen LogP contribution in [-0.4, -0.2) is 5.78 Å². The van der Waals surface area contributed by atoms with Crippen LogP contribution in [0, 0.1) is 5.92 Å². The molecular formula is C20H20OS. The fourth-order valence-corrected chi connectivity index (χ4v) is 3.78. The second-order valence-electron chi connectivity index (χ2n) is 5.84. The minimum absolute atomic E-state index is 0.136. The summed E-state index contributed by atoms with van der Waals surface area (Å²) in [5, 5.41) is 2.15. The fourth-order valence-electron chi connectivity index (χ4n) is 2.65. The molecule has 3 aromatic rings. The van der Waals surface area contributed by atoms with Gasteiger partial charge >= 0.3 is 0 Å². The molecule has 1 atom stereocenters. The Kier molecular flexibility index (Phi) is 4.39. The second-order valence-corrected chi connectivity index (χ2v) is 7.01. The summed E-state index contributed by atoms with van der Waals surface area (Å²) in [5.74, 6) is 0.802. The molecule has 0 aliphatic rings. The van der Waals surface area contributed by atoms with E-state index in [2.05, 4.69) is 32.0 Å². The molecule has 0 aliphatic carbocycles. The van der Waals surface area contributed by atoms with Gasteiger partial charge in [-0.3, -0.25) is 4.79 Å². The Morgan fingerprint density at radius 1 is 1.05 bits per heavy atom. The highest BCUT2D eigenvalue weighted by Crippen LogP contribution is 2.26. The zero-order chi connectivity index (χ0) is 15.5. The van der Waals surface area contributed by atoms with Gasteiger partial charge in [0.1, 0.15) is 0 Å². The van der Waals surface area contributed by atoms with Gasteiger partial charge in [-0.15, -0.1) is 11.3 Å². The molecule has 0 saturated heterocycles. The molecule has 0 spiro atoms. The van der Waals surface area contributed by atoms with Crippen LogP contribution in [-0.2, 0) is 6.42 Å². The fraction of sp³-hybridized carbons (Fsp3) is 0.250. The first-order valence-corrected chi connectivity index (χ1v) is 8.62. The van der Waals surface area contributed by atoms with Crippen LogP contribution in [0.5, 0.6) is 0 Å². The molecule has 0 N–H and O–H groups in total. The molecule has 0 saturated carbocycles. The van der Waals surface area contributed by atoms with Gasteiger partial charge in [0.25, 0.3) is 0 Å². The summed E-state index contributed by atoms with van der Waals surface area (Å²) in [5.41, 5.74) is 0.801. The van der Waals surface area contributed by atoms with E-state index in [4.69, 9.17) is 0 Å². The van der Waals surface area contributed by atoms with Gasteiger partial charge in [-0.05, 0) is 35.2 Å². The van der Waals surface area contributed by atoms with Crippen molar-refractivity contribution in [3.63, 3.8) is 0 Å². The van der Waals surface area contributed by atoms with Crippen LogP contribution in [0.3, 0.4) is 0 Å². The lowest BCUT2D eigenvalue weighted by Crippen LogP contribution is -1.99. The third-order valence-corrected chi connectivity index (χ3v) is 5.27. The third-order valence-electron chi connectivity index (χ3n) is 4.17. The van der Waals surface area contributed by atoms with Crippen LogP contribution in [0.1, 0.15) is 40.4 Å². The number of rotatable bonds is 5. The lowest BCUT2D eigenvalue weighted by Gasteiger charge is -2.05. The van der Waals surface area contributed by atoms with Crippen LogP contribution in [0.2, 0.25) is 0 Å². The van der Waals surface area contributed by atoms with Gasteiger partial charge in [-0.25, -0.2) is 0 Å². The number of hydrogen-bond acceptors (Lipinski definition) is 2. The molecular weight excluding hydrogens is 288 g/mol. The van der Waals surface area contributed by atoms with E-state index in [0.29, 0.717) is 5.92 Å². The summed E-state index contributed by atoms with van der Waals surface area (Å²) in [6.07, 6.45) is 2.23. The minimum Gasteiger partial charge on any atom is -0.288 e. The molecule has 22 heavy (non-hydrogen) atoms. The van der Waals surface area contributed by atoms with Gasteiger partial charge in [0.05, 0.1) is 4.88 Å². The second kappa shape index (κ2) is 6.45. The number of hydrogen-bond donors (Lipinski definition) is 0. The monoisotopic (exact) mass is 308 g/mol. The van der Waals surface area contributed by atoms with Gasteiger partial charge < -0.3 is 0 Å². The highest BCUT2D eigenvalue weighted by molar-refractivity contribution is 7.14. The normalized spacial score (nSPS) is 12.5. The smallest absolute Gasteiger partial charge is 0.203 e. The van der Waals surface area contributed by atoms with Crippen molar-refractivity contribution in [2.24, 2.45) is 5.92 Å². The standard InChI is InChI=1S/C20H20OS/c1-3-14(2)13-16-11-12-19(22-16)20(21)18-10-6-8-15-7-4-5-9-17(15)18/h4-12,14H,3,13H2,1-2H3. The molecule has 0 amide bonds. The highest BCUT2D eigenvalue weighted by Gasteiger charge is 2.15. The first-order chi connectivity index (χ1) is 10.7. The molecule has 1 unspecified atom stereocenters. The zero-order valence-corrected chi connectivity index (χ0v) is 13.8. The first kappa shape index (κ1) is 15.0. The van der Waals surface area contributed by atoms with E-state index >= 15 is 0 Å². The van der Waals surface area contributed by atoms with Crippen molar-refractivity contribution in [2.45, 2.75) is 26.7 Å². The SMILES string of the molecule is CCC(C)Cc1ccc(C(=O)c2cccc3ccccc23)s1. The molecule has 0 fully saturated rings. The molecule has 0 aliphatic heterocycles. The van der Waals surface area contributed by atoms with E-state index in [1.807, 2.05) is 36.4 Å². The van der Waals surface area contributed by atoms with Crippen LogP contribution in [0.4, 0.5) is 0 Å². The predicted molar refractivity (Wildman–Crippen MR) is 94.9 cm³/mol. The summed E-state index contributed by atoms with van der Waals surface area (Å²) in [6, 6.07) is 18.1. The van der Waals surface area contributed by atoms with Gasteiger partial charge in [-0.1, -0.05) is 62.7 Å². The van der Waals surface area contributed by atoms with Crippen molar-refractivity contribution in [3.8, 4) is 0 Å². The molecule has 0 radical (unpaired) electrons. The lowest BCUT2D eigenvalue weighted by atomic mass is 10.0. The number of benzene rings is 2. The summed E-state index contributed by atoms with van der Waals surface area (Å²) in [7, 11) is 0. The van der Waals surface area contributed by atoms with Crippen LogP contribution in [0.15, 0.2) is 54.6 Å². The zero-order valence-electron chi connectivity index (χ0n) is 13.0. The van der Waals surface area contributed by atoms with Crippen molar-refractivity contribution in [1.29, 1.82) is 0 Å². The van der Waals surface area contributed by atoms with Crippen molar-refractivity contribution in [3.05, 3.63) is 69.9 Å². The molecule has 1 nitrogen and oxygen atoms in total. The Balaban J connectivity index is 1.93. The Hall–Kier alpha value is -1.93. The van der Waals surface area contributed by atoms with E-state index in [9.17, 15) is 4.79 Å². The van der Waals surface area contributed by atoms with Gasteiger partial charge in [0.2, 0.25) is 5.78 Å². The number of fused-ring (bicyclic) bond motifs is 1. The van der Waals surface area contributed by atoms with Crippen LogP contribution in [0.25, 0.3) is 10.8 Å². The lowest BCUT2D eigenvalue weighted by molar-refractivity contribution is 0.104. The third kappa shape index (κ3) is 2.97. The Bertz CT molecular complexity index is 795. The van der Waals surface area contributed by atoms with E-state index < -0.39 is 0 Å². The largest absolute Gasteiger partial charge is 0.288 e. The van der Waals surface area contributed by atoms with Crippen molar-refractivity contribution >= 4 is 27.9 Å². The van der Waals surface area contributed by atoms with Gasteiger partial charge in [0.15, 0.2) is 0 Å². The van der Waals surface area contributed by atoms with Crippen molar-refractivity contribution < 1.29 is 4.79 Å². The minimum atomic E-state index is 0.136. The molecule has 112 valence electrons. The molecule has 3 rings (SSSR count). The molecule has 2 heteroatoms. The average Bonchev–Trinajstić information content (AvgIpc) is 3.02. The van der Waals surface area contributed by atoms with Crippen molar-refractivity contribution in [2.75, 3.05) is 0 Å². The predicted octanol–water partition coefficient (Wildman–Crippen LogP) is 5.72. The van der Waals surface area contributed by atoms with E-state index in [1.165, 1.54) is 11.3 Å². The summed E-state index contributed by atoms with van der Waals surface area (Å²) in [6.45, 7) is 4.46. The summed E-state index contributed by atoms with van der Waals surface area (Å²) >= 11 is 1.64. The maximum absolute atomic E-state index is 12.8. The summed E-state index contributed by atoms with van der Waals surface area (Å²) in [4.78, 5) is 15.0. The molecule has 1 aromatic heterocycles. The maximum Gasteiger partial charge on any atom is 0.203 e. The van der Waals surface area contributed by atoms with E-state index in [-0.39, 0.29) is 5.78 Å². The molecule has 1 heterocycles. The van der Waals surface area contributed by atoms with Crippen LogP contribution < -0.4 is 0 Å². The molecule has 0 bridgehead atoms. The number of carbonyl (C=O) groups is 1. The quantitative estimate of drug-likeness (QED) is 0.551. The van der Waals surface area contributed by atoms with E-state index in [1.54, 1.807) is 11.3 Å². The van der Waals surface area contributed by atoms with E-state index in [0.717, 1.165) is 27.6 Å². The summed E-state index contributed by atoms with van der Waals surface area (Å²) < 4.78 is 0. The number of carbonyl (C=O) groups excluding carboxylic acids is 1. The first-order valence-electron chi connectivity index (χ1n) is 7.80. The average molecular weight is 308 g/mol. The number of thiophene rings is 1. The Labute approximate surface area is 135 Å². The molecule has 2 aromatic carbocycles. The Morgan fingerprint density at radius 3 is 2.64 bits per heavy atom. The Morgan fingerprint density at radius 2 is 1.82 bits per heavy atom. The van der Waals surface area contributed by atoms with Gasteiger partial charge in [0, 0.05) is 10.4 Å². The topological polar surface area (TPSA) is 17.1 Å². The van der Waals surface area contributed by atoms with Crippen LogP contribution >= 0.6 is 11.3 Å². The highest BCUT2D eigenvalue weighted by atomic mass is 32.1.